The summed E-state index contributed by atoms with van der Waals surface area (Å²) in [6.07, 6.45) is 3.40. The Labute approximate surface area is 134 Å². The Hall–Kier alpha value is -2.50. The Bertz CT molecular complexity index is 754. The molecule has 0 saturated heterocycles. The fourth-order valence-corrected chi connectivity index (χ4v) is 3.22. The number of ether oxygens (including phenoxy) is 2. The lowest BCUT2D eigenvalue weighted by Crippen LogP contribution is -2.36. The van der Waals surface area contributed by atoms with Gasteiger partial charge >= 0.3 is 0 Å². The van der Waals surface area contributed by atoms with Gasteiger partial charge in [-0.1, -0.05) is 6.07 Å². The molecular formula is C17H19N3O3. The summed E-state index contributed by atoms with van der Waals surface area (Å²) in [5.74, 6) is 1.47. The summed E-state index contributed by atoms with van der Waals surface area (Å²) < 4.78 is 12.7. The molecule has 4 rings (SSSR count). The molecule has 3 heterocycles. The molecule has 0 radical (unpaired) electrons. The molecule has 0 bridgehead atoms. The van der Waals surface area contributed by atoms with Crippen LogP contribution in [0.1, 0.15) is 27.9 Å². The number of aromatic nitrogens is 2. The quantitative estimate of drug-likeness (QED) is 0.849. The summed E-state index contributed by atoms with van der Waals surface area (Å²) in [5, 5.41) is 4.27. The van der Waals surface area contributed by atoms with Crippen LogP contribution in [-0.4, -0.2) is 40.8 Å². The van der Waals surface area contributed by atoms with Crippen molar-refractivity contribution in [1.29, 1.82) is 0 Å². The van der Waals surface area contributed by atoms with Crippen molar-refractivity contribution in [3.8, 4) is 11.6 Å². The summed E-state index contributed by atoms with van der Waals surface area (Å²) in [6, 6.07) is 6.04. The van der Waals surface area contributed by atoms with E-state index in [-0.39, 0.29) is 5.91 Å². The van der Waals surface area contributed by atoms with Crippen LogP contribution in [0.4, 0.5) is 0 Å². The maximum atomic E-state index is 12.8. The first-order valence-corrected chi connectivity index (χ1v) is 7.90. The first kappa shape index (κ1) is 14.1. The lowest BCUT2D eigenvalue weighted by Gasteiger charge is -2.29. The first-order valence-electron chi connectivity index (χ1n) is 7.90. The molecule has 1 aromatic heterocycles. The zero-order chi connectivity index (χ0) is 15.8. The van der Waals surface area contributed by atoms with Crippen molar-refractivity contribution in [2.24, 2.45) is 0 Å². The minimum absolute atomic E-state index is 0.00498. The number of carbonyl (C=O) groups excluding carboxylic acids is 1. The molecule has 2 aliphatic heterocycles. The maximum Gasteiger partial charge on any atom is 0.261 e. The van der Waals surface area contributed by atoms with Gasteiger partial charge in [0.2, 0.25) is 5.88 Å². The van der Waals surface area contributed by atoms with E-state index in [0.29, 0.717) is 31.1 Å². The Morgan fingerprint density at radius 1 is 1.30 bits per heavy atom. The normalized spacial score (nSPS) is 16.3. The van der Waals surface area contributed by atoms with Crippen LogP contribution >= 0.6 is 0 Å². The van der Waals surface area contributed by atoms with Gasteiger partial charge in [-0.15, -0.1) is 0 Å². The molecule has 0 aliphatic carbocycles. The van der Waals surface area contributed by atoms with Crippen molar-refractivity contribution in [3.63, 3.8) is 0 Å². The number of carbonyl (C=O) groups is 1. The molecule has 0 atom stereocenters. The molecule has 120 valence electrons. The summed E-state index contributed by atoms with van der Waals surface area (Å²) in [4.78, 5) is 14.7. The van der Waals surface area contributed by atoms with Crippen LogP contribution in [0.3, 0.4) is 0 Å². The standard InChI is InChI=1S/C17H19N3O3/c1-22-14-4-3-13-11-19(7-5-12(13)9-14)16(21)15-10-18-20-6-2-8-23-17(15)20/h3-4,9-10H,2,5-8,11H2,1H3. The third kappa shape index (κ3) is 2.44. The average molecular weight is 313 g/mol. The molecule has 0 saturated carbocycles. The van der Waals surface area contributed by atoms with Gasteiger partial charge in [0.25, 0.3) is 5.91 Å². The third-order valence-corrected chi connectivity index (χ3v) is 4.49. The number of benzene rings is 1. The van der Waals surface area contributed by atoms with Crippen molar-refractivity contribution < 1.29 is 14.3 Å². The van der Waals surface area contributed by atoms with Crippen LogP contribution in [0.5, 0.6) is 11.6 Å². The number of aryl methyl sites for hydroxylation is 1. The topological polar surface area (TPSA) is 56.6 Å². The van der Waals surface area contributed by atoms with E-state index in [0.717, 1.165) is 25.1 Å². The predicted molar refractivity (Wildman–Crippen MR) is 83.8 cm³/mol. The molecule has 0 N–H and O–H groups in total. The van der Waals surface area contributed by atoms with Gasteiger partial charge < -0.3 is 14.4 Å². The van der Waals surface area contributed by atoms with Crippen LogP contribution in [0.2, 0.25) is 0 Å². The number of amides is 1. The van der Waals surface area contributed by atoms with E-state index in [9.17, 15) is 4.79 Å². The van der Waals surface area contributed by atoms with E-state index >= 15 is 0 Å². The highest BCUT2D eigenvalue weighted by atomic mass is 16.5. The Kier molecular flexibility index (Phi) is 3.44. The molecule has 0 spiro atoms. The number of nitrogens with zero attached hydrogens (tertiary/aromatic N) is 3. The van der Waals surface area contributed by atoms with Crippen molar-refractivity contribution >= 4 is 5.91 Å². The Morgan fingerprint density at radius 3 is 3.09 bits per heavy atom. The zero-order valence-electron chi connectivity index (χ0n) is 13.1. The second-order valence-corrected chi connectivity index (χ2v) is 5.90. The van der Waals surface area contributed by atoms with E-state index in [1.165, 1.54) is 11.1 Å². The number of fused-ring (bicyclic) bond motifs is 2. The molecule has 1 amide bonds. The van der Waals surface area contributed by atoms with E-state index in [1.54, 1.807) is 18.0 Å². The smallest absolute Gasteiger partial charge is 0.261 e. The fourth-order valence-electron chi connectivity index (χ4n) is 3.22. The molecule has 2 aliphatic rings. The van der Waals surface area contributed by atoms with Gasteiger partial charge in [-0.2, -0.15) is 5.10 Å². The van der Waals surface area contributed by atoms with Gasteiger partial charge in [0.15, 0.2) is 0 Å². The van der Waals surface area contributed by atoms with Gasteiger partial charge in [-0.3, -0.25) is 4.79 Å². The summed E-state index contributed by atoms with van der Waals surface area (Å²) >= 11 is 0. The van der Waals surface area contributed by atoms with Crippen LogP contribution < -0.4 is 9.47 Å². The van der Waals surface area contributed by atoms with E-state index < -0.39 is 0 Å². The molecule has 0 unspecified atom stereocenters. The number of hydrogen-bond acceptors (Lipinski definition) is 4. The van der Waals surface area contributed by atoms with Gasteiger partial charge in [-0.25, -0.2) is 4.68 Å². The van der Waals surface area contributed by atoms with Crippen molar-refractivity contribution in [2.45, 2.75) is 25.9 Å². The largest absolute Gasteiger partial charge is 0.497 e. The summed E-state index contributed by atoms with van der Waals surface area (Å²) in [5.41, 5.74) is 3.00. The van der Waals surface area contributed by atoms with E-state index in [2.05, 4.69) is 11.2 Å². The predicted octanol–water partition coefficient (Wildman–Crippen LogP) is 1.87. The van der Waals surface area contributed by atoms with Crippen LogP contribution in [-0.2, 0) is 19.5 Å². The first-order chi connectivity index (χ1) is 11.3. The second kappa shape index (κ2) is 5.61. The fraction of sp³-hybridized carbons (Fsp3) is 0.412. The minimum Gasteiger partial charge on any atom is -0.497 e. The highest BCUT2D eigenvalue weighted by molar-refractivity contribution is 5.96. The average Bonchev–Trinajstić information content (AvgIpc) is 3.04. The number of rotatable bonds is 2. The van der Waals surface area contributed by atoms with Gasteiger partial charge in [0, 0.05) is 26.1 Å². The molecule has 6 nitrogen and oxygen atoms in total. The van der Waals surface area contributed by atoms with Crippen LogP contribution in [0.25, 0.3) is 0 Å². The highest BCUT2D eigenvalue weighted by Gasteiger charge is 2.28. The number of methoxy groups -OCH3 is 1. The number of hydrogen-bond donors (Lipinski definition) is 0. The molecule has 6 heteroatoms. The third-order valence-electron chi connectivity index (χ3n) is 4.49. The van der Waals surface area contributed by atoms with E-state index in [4.69, 9.17) is 9.47 Å². The molecule has 1 aromatic carbocycles. The van der Waals surface area contributed by atoms with Crippen LogP contribution in [0, 0.1) is 0 Å². The summed E-state index contributed by atoms with van der Waals surface area (Å²) in [7, 11) is 1.67. The van der Waals surface area contributed by atoms with Crippen molar-refractivity contribution in [1.82, 2.24) is 14.7 Å². The highest BCUT2D eigenvalue weighted by Crippen LogP contribution is 2.28. The van der Waals surface area contributed by atoms with Crippen molar-refractivity contribution in [2.75, 3.05) is 20.3 Å². The minimum atomic E-state index is -0.00498. The maximum absolute atomic E-state index is 12.8. The lowest BCUT2D eigenvalue weighted by molar-refractivity contribution is 0.0728. The zero-order valence-corrected chi connectivity index (χ0v) is 13.1. The Balaban J connectivity index is 1.57. The van der Waals surface area contributed by atoms with Crippen molar-refractivity contribution in [3.05, 3.63) is 41.1 Å². The van der Waals surface area contributed by atoms with Gasteiger partial charge in [0.05, 0.1) is 19.9 Å². The molecule has 23 heavy (non-hydrogen) atoms. The molecular weight excluding hydrogens is 294 g/mol. The second-order valence-electron chi connectivity index (χ2n) is 5.90. The van der Waals surface area contributed by atoms with Crippen LogP contribution in [0.15, 0.2) is 24.4 Å². The molecule has 2 aromatic rings. The SMILES string of the molecule is COc1ccc2c(c1)CCN(C(=O)c1cnn3c1OCCC3)C2. The van der Waals surface area contributed by atoms with Gasteiger partial charge in [-0.05, 0) is 29.7 Å². The Morgan fingerprint density at radius 2 is 2.22 bits per heavy atom. The van der Waals surface area contributed by atoms with Gasteiger partial charge in [0.1, 0.15) is 11.3 Å². The van der Waals surface area contributed by atoms with E-state index in [1.807, 2.05) is 17.0 Å². The summed E-state index contributed by atoms with van der Waals surface area (Å²) in [6.45, 7) is 2.77. The lowest BCUT2D eigenvalue weighted by atomic mass is 9.99. The monoisotopic (exact) mass is 313 g/mol. The molecule has 0 fully saturated rings.